The Balaban J connectivity index is 2.17. The van der Waals surface area contributed by atoms with Gasteiger partial charge < -0.3 is 15.2 Å². The Morgan fingerprint density at radius 3 is 2.88 bits per heavy atom. The van der Waals surface area contributed by atoms with Crippen molar-refractivity contribution in [3.05, 3.63) is 16.6 Å². The molecule has 2 N–H and O–H groups in total. The summed E-state index contributed by atoms with van der Waals surface area (Å²) in [7, 11) is 0. The Bertz CT molecular complexity index is 451. The molecule has 1 aromatic heterocycles. The molecule has 92 valence electrons. The zero-order valence-electron chi connectivity index (χ0n) is 9.23. The fourth-order valence-corrected chi connectivity index (χ4v) is 2.37. The van der Waals surface area contributed by atoms with E-state index in [-0.39, 0.29) is 13.0 Å². The number of nitrogens with one attached hydrogen (secondary N) is 1. The van der Waals surface area contributed by atoms with Gasteiger partial charge in [0.2, 0.25) is 0 Å². The van der Waals surface area contributed by atoms with E-state index in [1.54, 1.807) is 12.3 Å². The summed E-state index contributed by atoms with van der Waals surface area (Å²) in [6.07, 6.45) is 0.282. The molecule has 2 rings (SSSR count). The summed E-state index contributed by atoms with van der Waals surface area (Å²) in [6.45, 7) is 2.06. The van der Waals surface area contributed by atoms with Crippen molar-refractivity contribution in [2.45, 2.75) is 18.9 Å². The number of aliphatic carboxylic acids is 1. The van der Waals surface area contributed by atoms with Crippen molar-refractivity contribution in [2.75, 3.05) is 13.2 Å². The van der Waals surface area contributed by atoms with Gasteiger partial charge in [0, 0.05) is 18.4 Å². The molecular formula is C10H12N2O4S. The first-order valence-corrected chi connectivity index (χ1v) is 5.93. The molecule has 0 saturated carbocycles. The fraction of sp³-hybridized carbons (Fsp3) is 0.500. The first-order chi connectivity index (χ1) is 8.05. The monoisotopic (exact) mass is 256 g/mol. The number of hydrogen-bond acceptors (Lipinski definition) is 5. The third-order valence-corrected chi connectivity index (χ3v) is 3.50. The number of aryl methyl sites for hydroxylation is 1. The molecule has 0 bridgehead atoms. The Labute approximate surface area is 102 Å². The number of rotatable bonds is 3. The second-order valence-corrected chi connectivity index (χ2v) is 4.59. The summed E-state index contributed by atoms with van der Waals surface area (Å²) in [4.78, 5) is 23.1. The van der Waals surface area contributed by atoms with Crippen molar-refractivity contribution < 1.29 is 19.4 Å². The first kappa shape index (κ1) is 12.0. The quantitative estimate of drug-likeness (QED) is 0.818. The topological polar surface area (TPSA) is 88.5 Å². The van der Waals surface area contributed by atoms with Crippen LogP contribution in [0.25, 0.3) is 0 Å². The summed E-state index contributed by atoms with van der Waals surface area (Å²) in [5.41, 5.74) is -0.277. The number of ether oxygens (including phenoxy) is 1. The lowest BCUT2D eigenvalue weighted by molar-refractivity contribution is -0.144. The highest BCUT2D eigenvalue weighted by Crippen LogP contribution is 2.20. The lowest BCUT2D eigenvalue weighted by Gasteiger charge is -2.23. The molecule has 0 aromatic carbocycles. The van der Waals surface area contributed by atoms with Gasteiger partial charge in [-0.15, -0.1) is 0 Å². The number of carboxylic acid groups (broad SMARTS) is 1. The maximum absolute atomic E-state index is 11.9. The Morgan fingerprint density at radius 2 is 2.41 bits per heavy atom. The highest BCUT2D eigenvalue weighted by molar-refractivity contribution is 7.03. The van der Waals surface area contributed by atoms with Crippen molar-refractivity contribution in [2.24, 2.45) is 0 Å². The number of hydrogen-bond donors (Lipinski definition) is 2. The van der Waals surface area contributed by atoms with Crippen LogP contribution >= 0.6 is 11.5 Å². The zero-order valence-corrected chi connectivity index (χ0v) is 10.0. The molecule has 0 radical (unpaired) electrons. The largest absolute Gasteiger partial charge is 0.479 e. The molecule has 2 heterocycles. The number of carbonyl (C=O) groups is 2. The molecule has 7 heteroatoms. The Kier molecular flexibility index (Phi) is 3.12. The maximum Gasteiger partial charge on any atom is 0.331 e. The van der Waals surface area contributed by atoms with E-state index in [2.05, 4.69) is 9.69 Å². The molecule has 0 spiro atoms. The predicted octanol–water partition coefficient (Wildman–Crippen LogP) is 0.425. The van der Waals surface area contributed by atoms with E-state index < -0.39 is 17.4 Å². The van der Waals surface area contributed by atoms with Crippen molar-refractivity contribution in [3.8, 4) is 0 Å². The van der Waals surface area contributed by atoms with Crippen LogP contribution < -0.4 is 5.32 Å². The average Bonchev–Trinajstić information content (AvgIpc) is 2.87. The minimum absolute atomic E-state index is 0.00465. The van der Waals surface area contributed by atoms with Crippen molar-refractivity contribution >= 4 is 23.4 Å². The van der Waals surface area contributed by atoms with Gasteiger partial charge in [-0.2, -0.15) is 4.37 Å². The van der Waals surface area contributed by atoms with Crippen LogP contribution in [0.15, 0.2) is 5.38 Å². The number of carbonyl (C=O) groups excluding carboxylic acids is 1. The average molecular weight is 256 g/mol. The van der Waals surface area contributed by atoms with Gasteiger partial charge in [0.25, 0.3) is 5.91 Å². The second kappa shape index (κ2) is 4.42. The fourth-order valence-electron chi connectivity index (χ4n) is 1.68. The van der Waals surface area contributed by atoms with Gasteiger partial charge in [0.05, 0.1) is 17.9 Å². The van der Waals surface area contributed by atoms with Gasteiger partial charge in [-0.3, -0.25) is 4.79 Å². The SMILES string of the molecule is Cc1nscc1C(=O)NC1(C(=O)O)CCOC1. The van der Waals surface area contributed by atoms with Crippen LogP contribution in [0.4, 0.5) is 0 Å². The van der Waals surface area contributed by atoms with E-state index >= 15 is 0 Å². The molecule has 1 aliphatic heterocycles. The van der Waals surface area contributed by atoms with Gasteiger partial charge in [-0.1, -0.05) is 0 Å². The third-order valence-electron chi connectivity index (χ3n) is 2.78. The lowest BCUT2D eigenvalue weighted by Crippen LogP contribution is -2.55. The van der Waals surface area contributed by atoms with Crippen LogP contribution in [0.1, 0.15) is 22.5 Å². The minimum atomic E-state index is -1.30. The van der Waals surface area contributed by atoms with Crippen LogP contribution in [-0.4, -0.2) is 40.1 Å². The molecule has 1 saturated heterocycles. The van der Waals surface area contributed by atoms with Gasteiger partial charge in [0.15, 0.2) is 5.54 Å². The smallest absolute Gasteiger partial charge is 0.331 e. The standard InChI is InChI=1S/C10H12N2O4S/c1-6-7(4-17-12-6)8(13)11-10(9(14)15)2-3-16-5-10/h4H,2-3,5H2,1H3,(H,11,13)(H,14,15). The van der Waals surface area contributed by atoms with E-state index in [9.17, 15) is 14.7 Å². The van der Waals surface area contributed by atoms with Crippen LogP contribution in [0.5, 0.6) is 0 Å². The van der Waals surface area contributed by atoms with Crippen LogP contribution in [-0.2, 0) is 9.53 Å². The third kappa shape index (κ3) is 2.16. The van der Waals surface area contributed by atoms with Crippen molar-refractivity contribution in [1.82, 2.24) is 9.69 Å². The summed E-state index contributed by atoms with van der Waals surface area (Å²) in [5, 5.41) is 13.3. The van der Waals surface area contributed by atoms with E-state index in [1.165, 1.54) is 11.5 Å². The van der Waals surface area contributed by atoms with Gasteiger partial charge >= 0.3 is 5.97 Å². The van der Waals surface area contributed by atoms with Crippen LogP contribution in [0.3, 0.4) is 0 Å². The highest BCUT2D eigenvalue weighted by atomic mass is 32.1. The summed E-state index contributed by atoms with van der Waals surface area (Å²) in [5.74, 6) is -1.48. The predicted molar refractivity (Wildman–Crippen MR) is 60.1 cm³/mol. The van der Waals surface area contributed by atoms with Gasteiger partial charge in [0.1, 0.15) is 0 Å². The normalized spacial score (nSPS) is 23.6. The molecule has 1 aromatic rings. The zero-order chi connectivity index (χ0) is 12.5. The Morgan fingerprint density at radius 1 is 1.65 bits per heavy atom. The number of carboxylic acids is 1. The molecular weight excluding hydrogens is 244 g/mol. The van der Waals surface area contributed by atoms with E-state index in [1.807, 2.05) is 0 Å². The Hall–Kier alpha value is -1.47. The lowest BCUT2D eigenvalue weighted by atomic mass is 9.98. The van der Waals surface area contributed by atoms with Gasteiger partial charge in [-0.25, -0.2) is 4.79 Å². The van der Waals surface area contributed by atoms with Gasteiger partial charge in [-0.05, 0) is 18.5 Å². The molecule has 1 unspecified atom stereocenters. The highest BCUT2D eigenvalue weighted by Gasteiger charge is 2.44. The number of nitrogens with zero attached hydrogens (tertiary/aromatic N) is 1. The molecule has 1 atom stereocenters. The summed E-state index contributed by atoms with van der Waals surface area (Å²) in [6, 6.07) is 0. The molecule has 1 aliphatic rings. The minimum Gasteiger partial charge on any atom is -0.479 e. The molecule has 1 amide bonds. The van der Waals surface area contributed by atoms with Crippen molar-refractivity contribution in [1.29, 1.82) is 0 Å². The summed E-state index contributed by atoms with van der Waals surface area (Å²) < 4.78 is 9.04. The van der Waals surface area contributed by atoms with E-state index in [4.69, 9.17) is 4.74 Å². The second-order valence-electron chi connectivity index (χ2n) is 3.96. The molecule has 1 fully saturated rings. The van der Waals surface area contributed by atoms with Crippen molar-refractivity contribution in [3.63, 3.8) is 0 Å². The van der Waals surface area contributed by atoms with E-state index in [0.717, 1.165) is 0 Å². The van der Waals surface area contributed by atoms with Crippen LogP contribution in [0, 0.1) is 6.92 Å². The first-order valence-electron chi connectivity index (χ1n) is 5.10. The molecule has 6 nitrogen and oxygen atoms in total. The van der Waals surface area contributed by atoms with Crippen LogP contribution in [0.2, 0.25) is 0 Å². The number of amides is 1. The van der Waals surface area contributed by atoms with E-state index in [0.29, 0.717) is 17.9 Å². The number of aromatic nitrogens is 1. The molecule has 17 heavy (non-hydrogen) atoms. The summed E-state index contributed by atoms with van der Waals surface area (Å²) >= 11 is 1.17. The maximum atomic E-state index is 11.9. The molecule has 0 aliphatic carbocycles.